The van der Waals surface area contributed by atoms with Crippen molar-refractivity contribution in [2.45, 2.75) is 98.4 Å². The van der Waals surface area contributed by atoms with Gasteiger partial charge in [-0.1, -0.05) is 0 Å². The highest BCUT2D eigenvalue weighted by Crippen LogP contribution is 2.36. The molecule has 0 rings (SSSR count). The van der Waals surface area contributed by atoms with E-state index in [0.29, 0.717) is 12.8 Å². The quantitative estimate of drug-likeness (QED) is 0.0901. The summed E-state index contributed by atoms with van der Waals surface area (Å²) in [7, 11) is 2.73. The maximum Gasteiger partial charge on any atom is 0.416 e. The van der Waals surface area contributed by atoms with Gasteiger partial charge < -0.3 is 52.1 Å². The van der Waals surface area contributed by atoms with E-state index in [0.717, 1.165) is 0 Å². The summed E-state index contributed by atoms with van der Waals surface area (Å²) in [6, 6.07) is 0. The van der Waals surface area contributed by atoms with Crippen molar-refractivity contribution >= 4 is 11.9 Å². The molecule has 0 N–H and O–H groups in total. The molecule has 0 aromatic heterocycles. The molecule has 0 amide bonds. The number of carbonyl (C=O) groups is 2. The molecule has 39 heavy (non-hydrogen) atoms. The highest BCUT2D eigenvalue weighted by Gasteiger charge is 2.62. The second-order valence-electron chi connectivity index (χ2n) is 7.70. The fourth-order valence-corrected chi connectivity index (χ4v) is 3.66. The van der Waals surface area contributed by atoms with Crippen LogP contribution >= 0.6 is 0 Å². The average Bonchev–Trinajstić information content (AvgIpc) is 2.89. The smallest absolute Gasteiger partial charge is 0.404 e. The molecular weight excluding hydrogens is 520 g/mol. The first-order valence-electron chi connectivity index (χ1n) is 13.7. The second-order valence-corrected chi connectivity index (χ2v) is 7.70. The van der Waals surface area contributed by atoms with Crippen molar-refractivity contribution in [3.8, 4) is 0 Å². The molecule has 0 radical (unpaired) electrons. The minimum absolute atomic E-state index is 0.0281. The van der Waals surface area contributed by atoms with Crippen molar-refractivity contribution in [2.24, 2.45) is 0 Å². The van der Waals surface area contributed by atoms with Gasteiger partial charge in [0.15, 0.2) is 0 Å². The molecule has 0 aliphatic heterocycles. The zero-order valence-corrected chi connectivity index (χ0v) is 25.2. The SMILES string of the molecule is CCOC(OC)C(OCC)(OCC)OC(=O)CCCCC(=O)OC(OCC)(OCC)C(OC)(OCC)OCC. The maximum absolute atomic E-state index is 12.9. The largest absolute Gasteiger partial charge is 0.416 e. The van der Waals surface area contributed by atoms with E-state index >= 15 is 0 Å². The van der Waals surface area contributed by atoms with E-state index in [4.69, 9.17) is 52.1 Å². The normalized spacial score (nSPS) is 13.4. The number of carbonyl (C=O) groups excluding carboxylic acids is 2. The zero-order valence-electron chi connectivity index (χ0n) is 25.2. The standard InChI is InChI=1S/C26H50O13/c1-10-31-23(29-8)24(32-11-2,33-12-3)38-21(27)19-17-18-20-22(28)39-26(36-15-6,37-16-7)25(30-9,34-13-4)35-14-5/h23H,10-20H2,1-9H3. The summed E-state index contributed by atoms with van der Waals surface area (Å²) >= 11 is 0. The molecule has 0 aromatic carbocycles. The molecule has 13 heteroatoms. The van der Waals surface area contributed by atoms with E-state index < -0.39 is 36.1 Å². The van der Waals surface area contributed by atoms with Gasteiger partial charge in [-0.15, -0.1) is 0 Å². The Morgan fingerprint density at radius 2 is 0.974 bits per heavy atom. The third-order valence-corrected chi connectivity index (χ3v) is 5.01. The molecule has 1 atom stereocenters. The van der Waals surface area contributed by atoms with E-state index in [2.05, 4.69) is 0 Å². The molecule has 0 aromatic rings. The first-order chi connectivity index (χ1) is 18.7. The first kappa shape index (κ1) is 37.6. The molecule has 0 fully saturated rings. The molecule has 0 bridgehead atoms. The van der Waals surface area contributed by atoms with Crippen LogP contribution in [0.4, 0.5) is 0 Å². The Hall–Kier alpha value is -1.42. The minimum Gasteiger partial charge on any atom is -0.404 e. The summed E-state index contributed by atoms with van der Waals surface area (Å²) in [6.07, 6.45) is -0.587. The van der Waals surface area contributed by atoms with Crippen molar-refractivity contribution in [3.63, 3.8) is 0 Å². The molecule has 0 spiro atoms. The summed E-state index contributed by atoms with van der Waals surface area (Å²) in [5.74, 6) is -7.21. The number of esters is 2. The molecule has 0 saturated carbocycles. The predicted octanol–water partition coefficient (Wildman–Crippen LogP) is 3.47. The Morgan fingerprint density at radius 3 is 1.33 bits per heavy atom. The van der Waals surface area contributed by atoms with E-state index in [9.17, 15) is 9.59 Å². The summed E-state index contributed by atoms with van der Waals surface area (Å²) in [4.78, 5) is 25.6. The molecule has 0 aliphatic carbocycles. The number of methoxy groups -OCH3 is 2. The van der Waals surface area contributed by atoms with Gasteiger partial charge in [-0.2, -0.15) is 0 Å². The Balaban J connectivity index is 5.39. The average molecular weight is 571 g/mol. The zero-order chi connectivity index (χ0) is 29.8. The van der Waals surface area contributed by atoms with Crippen LogP contribution in [0.1, 0.15) is 74.1 Å². The monoisotopic (exact) mass is 570 g/mol. The number of hydrogen-bond donors (Lipinski definition) is 0. The highest BCUT2D eigenvalue weighted by atomic mass is 17.0. The van der Waals surface area contributed by atoms with Crippen molar-refractivity contribution in [1.29, 1.82) is 0 Å². The van der Waals surface area contributed by atoms with Crippen molar-refractivity contribution in [1.82, 2.24) is 0 Å². The first-order valence-corrected chi connectivity index (χ1v) is 13.7. The van der Waals surface area contributed by atoms with Crippen LogP contribution in [0, 0.1) is 0 Å². The van der Waals surface area contributed by atoms with Gasteiger partial charge in [0.2, 0.25) is 0 Å². The van der Waals surface area contributed by atoms with Gasteiger partial charge in [0.05, 0.1) is 26.4 Å². The molecular formula is C26H50O13. The lowest BCUT2D eigenvalue weighted by molar-refractivity contribution is -0.546. The Labute approximate surface area is 232 Å². The molecule has 0 aliphatic rings. The second kappa shape index (κ2) is 20.5. The molecule has 0 heterocycles. The minimum atomic E-state index is -2.11. The van der Waals surface area contributed by atoms with Crippen LogP contribution in [-0.2, 0) is 61.7 Å². The summed E-state index contributed by atoms with van der Waals surface area (Å²) in [5.41, 5.74) is 0. The fraction of sp³-hybridized carbons (Fsp3) is 0.923. The molecule has 232 valence electrons. The lowest BCUT2D eigenvalue weighted by atomic mass is 10.2. The number of rotatable bonds is 25. The van der Waals surface area contributed by atoms with Gasteiger partial charge in [0, 0.05) is 46.9 Å². The van der Waals surface area contributed by atoms with E-state index in [-0.39, 0.29) is 59.1 Å². The lowest BCUT2D eigenvalue weighted by Crippen LogP contribution is -2.64. The Kier molecular flexibility index (Phi) is 19.7. The molecule has 0 saturated heterocycles. The van der Waals surface area contributed by atoms with Crippen LogP contribution < -0.4 is 0 Å². The van der Waals surface area contributed by atoms with Crippen molar-refractivity contribution in [3.05, 3.63) is 0 Å². The summed E-state index contributed by atoms with van der Waals surface area (Å²) in [5, 5.41) is 0. The van der Waals surface area contributed by atoms with Gasteiger partial charge in [0.25, 0.3) is 6.29 Å². The van der Waals surface area contributed by atoms with Crippen LogP contribution in [0.15, 0.2) is 0 Å². The summed E-state index contributed by atoms with van der Waals surface area (Å²) in [6.45, 7) is 13.3. The van der Waals surface area contributed by atoms with Gasteiger partial charge >= 0.3 is 29.9 Å². The maximum atomic E-state index is 12.9. The predicted molar refractivity (Wildman–Crippen MR) is 138 cm³/mol. The third-order valence-electron chi connectivity index (χ3n) is 5.01. The van der Waals surface area contributed by atoms with Gasteiger partial charge in [-0.05, 0) is 61.3 Å². The third kappa shape index (κ3) is 11.2. The Morgan fingerprint density at radius 1 is 0.564 bits per heavy atom. The van der Waals surface area contributed by atoms with Crippen LogP contribution in [-0.4, -0.2) is 96.6 Å². The highest BCUT2D eigenvalue weighted by molar-refractivity contribution is 5.71. The van der Waals surface area contributed by atoms with Crippen LogP contribution in [0.2, 0.25) is 0 Å². The number of ether oxygens (including phenoxy) is 11. The topological polar surface area (TPSA) is 136 Å². The summed E-state index contributed by atoms with van der Waals surface area (Å²) < 4.78 is 61.6. The van der Waals surface area contributed by atoms with Crippen molar-refractivity contribution < 1.29 is 61.7 Å². The van der Waals surface area contributed by atoms with E-state index in [1.54, 1.807) is 48.5 Å². The van der Waals surface area contributed by atoms with Gasteiger partial charge in [0.1, 0.15) is 0 Å². The van der Waals surface area contributed by atoms with E-state index in [1.165, 1.54) is 14.2 Å². The van der Waals surface area contributed by atoms with Crippen LogP contribution in [0.3, 0.4) is 0 Å². The molecule has 13 nitrogen and oxygen atoms in total. The fourth-order valence-electron chi connectivity index (χ4n) is 3.66. The van der Waals surface area contributed by atoms with Crippen molar-refractivity contribution in [2.75, 3.05) is 60.5 Å². The number of unbranched alkanes of at least 4 members (excludes halogenated alkanes) is 1. The van der Waals surface area contributed by atoms with Crippen LogP contribution in [0.5, 0.6) is 0 Å². The van der Waals surface area contributed by atoms with Gasteiger partial charge in [-0.25, -0.2) is 0 Å². The molecule has 1 unspecified atom stereocenters. The Bertz CT molecular complexity index is 640. The van der Waals surface area contributed by atoms with Crippen LogP contribution in [0.25, 0.3) is 0 Å². The number of hydrogen-bond acceptors (Lipinski definition) is 13. The van der Waals surface area contributed by atoms with E-state index in [1.807, 2.05) is 0 Å². The lowest BCUT2D eigenvalue weighted by Gasteiger charge is -2.44. The van der Waals surface area contributed by atoms with Gasteiger partial charge in [-0.3, -0.25) is 9.59 Å².